The van der Waals surface area contributed by atoms with Crippen LogP contribution in [0, 0.1) is 6.92 Å². The second-order valence-corrected chi connectivity index (χ2v) is 3.94. The Morgan fingerprint density at radius 3 is 2.82 bits per heavy atom. The molecule has 1 aromatic heterocycles. The highest BCUT2D eigenvalue weighted by molar-refractivity contribution is 5.51. The van der Waals surface area contributed by atoms with Gasteiger partial charge in [-0.2, -0.15) is 5.10 Å². The van der Waals surface area contributed by atoms with Crippen LogP contribution >= 0.6 is 0 Å². The Hall–Kier alpha value is -1.97. The average molecular weight is 231 g/mol. The molecule has 0 amide bonds. The van der Waals surface area contributed by atoms with Gasteiger partial charge in [-0.1, -0.05) is 12.1 Å². The first-order chi connectivity index (χ1) is 8.27. The summed E-state index contributed by atoms with van der Waals surface area (Å²) in [6.45, 7) is 3.56. The van der Waals surface area contributed by atoms with E-state index in [1.165, 1.54) is 5.69 Å². The number of aromatic nitrogens is 2. The number of aryl methyl sites for hydroxylation is 2. The topological polar surface area (TPSA) is 53.1 Å². The standard InChI is InChI=1S/C13H17N3O/c1-11-7-8-15-16(11)9-4-10-17-13-6-3-2-5-12(13)14/h2-3,5-8H,4,9-10,14H2,1H3. The minimum Gasteiger partial charge on any atom is -0.491 e. The van der Waals surface area contributed by atoms with Crippen molar-refractivity contribution in [3.8, 4) is 5.75 Å². The molecule has 0 radical (unpaired) electrons. The SMILES string of the molecule is Cc1ccnn1CCCOc1ccccc1N. The zero-order valence-electron chi connectivity index (χ0n) is 9.97. The molecule has 0 aliphatic rings. The third-order valence-corrected chi connectivity index (χ3v) is 2.62. The van der Waals surface area contributed by atoms with E-state index in [4.69, 9.17) is 10.5 Å². The highest BCUT2D eigenvalue weighted by Gasteiger charge is 1.99. The Bertz CT molecular complexity index is 479. The third-order valence-electron chi connectivity index (χ3n) is 2.62. The van der Waals surface area contributed by atoms with Crippen molar-refractivity contribution < 1.29 is 4.74 Å². The summed E-state index contributed by atoms with van der Waals surface area (Å²) in [5.41, 5.74) is 7.63. The summed E-state index contributed by atoms with van der Waals surface area (Å²) in [6, 6.07) is 9.54. The maximum atomic E-state index is 5.78. The summed E-state index contributed by atoms with van der Waals surface area (Å²) in [5.74, 6) is 0.754. The van der Waals surface area contributed by atoms with Crippen molar-refractivity contribution in [3.63, 3.8) is 0 Å². The molecule has 4 nitrogen and oxygen atoms in total. The molecule has 90 valence electrons. The Labute approximate surface area is 101 Å². The van der Waals surface area contributed by atoms with Crippen LogP contribution in [-0.4, -0.2) is 16.4 Å². The van der Waals surface area contributed by atoms with Gasteiger partial charge < -0.3 is 10.5 Å². The van der Waals surface area contributed by atoms with Gasteiger partial charge in [0.2, 0.25) is 0 Å². The number of nitrogens with two attached hydrogens (primary N) is 1. The third kappa shape index (κ3) is 3.00. The van der Waals surface area contributed by atoms with Gasteiger partial charge in [-0.05, 0) is 25.1 Å². The molecule has 2 N–H and O–H groups in total. The maximum Gasteiger partial charge on any atom is 0.142 e. The number of anilines is 1. The smallest absolute Gasteiger partial charge is 0.142 e. The van der Waals surface area contributed by atoms with Gasteiger partial charge in [-0.3, -0.25) is 4.68 Å². The highest BCUT2D eigenvalue weighted by Crippen LogP contribution is 2.19. The molecule has 2 rings (SSSR count). The van der Waals surface area contributed by atoms with Crippen molar-refractivity contribution in [3.05, 3.63) is 42.2 Å². The summed E-state index contributed by atoms with van der Waals surface area (Å²) < 4.78 is 7.58. The number of rotatable bonds is 5. The number of nitrogens with zero attached hydrogens (tertiary/aromatic N) is 2. The van der Waals surface area contributed by atoms with E-state index in [1.807, 2.05) is 48.1 Å². The number of ether oxygens (including phenoxy) is 1. The van der Waals surface area contributed by atoms with E-state index in [-0.39, 0.29) is 0 Å². The van der Waals surface area contributed by atoms with Crippen LogP contribution in [0.5, 0.6) is 5.75 Å². The fourth-order valence-electron chi connectivity index (χ4n) is 1.64. The van der Waals surface area contributed by atoms with Crippen LogP contribution in [0.3, 0.4) is 0 Å². The average Bonchev–Trinajstić information content (AvgIpc) is 2.73. The van der Waals surface area contributed by atoms with E-state index < -0.39 is 0 Å². The minimum atomic E-state index is 0.646. The van der Waals surface area contributed by atoms with Gasteiger partial charge in [0, 0.05) is 24.9 Å². The van der Waals surface area contributed by atoms with Gasteiger partial charge in [-0.15, -0.1) is 0 Å². The van der Waals surface area contributed by atoms with Crippen LogP contribution in [0.15, 0.2) is 36.5 Å². The summed E-state index contributed by atoms with van der Waals surface area (Å²) in [4.78, 5) is 0. The van der Waals surface area contributed by atoms with Crippen LogP contribution in [0.4, 0.5) is 5.69 Å². The molecule has 0 unspecified atom stereocenters. The summed E-state index contributed by atoms with van der Waals surface area (Å²) in [5, 5.41) is 4.21. The quantitative estimate of drug-likeness (QED) is 0.634. The molecule has 4 heteroatoms. The molecular formula is C13H17N3O. The number of hydrogen-bond acceptors (Lipinski definition) is 3. The van der Waals surface area contributed by atoms with Crippen LogP contribution in [-0.2, 0) is 6.54 Å². The summed E-state index contributed by atoms with van der Waals surface area (Å²) >= 11 is 0. The van der Waals surface area contributed by atoms with Gasteiger partial charge in [0.05, 0.1) is 12.3 Å². The monoisotopic (exact) mass is 231 g/mol. The predicted molar refractivity (Wildman–Crippen MR) is 67.9 cm³/mol. The van der Waals surface area contributed by atoms with Crippen molar-refractivity contribution >= 4 is 5.69 Å². The normalized spacial score (nSPS) is 10.4. The van der Waals surface area contributed by atoms with Crippen molar-refractivity contribution in [2.75, 3.05) is 12.3 Å². The molecule has 1 heterocycles. The predicted octanol–water partition coefficient (Wildman–Crippen LogP) is 2.24. The number of benzene rings is 1. The lowest BCUT2D eigenvalue weighted by Gasteiger charge is -2.09. The highest BCUT2D eigenvalue weighted by atomic mass is 16.5. The van der Waals surface area contributed by atoms with Crippen molar-refractivity contribution in [1.82, 2.24) is 9.78 Å². The molecule has 0 bridgehead atoms. The first-order valence-corrected chi connectivity index (χ1v) is 5.73. The van der Waals surface area contributed by atoms with Gasteiger partial charge in [0.25, 0.3) is 0 Å². The lowest BCUT2D eigenvalue weighted by molar-refractivity contribution is 0.299. The molecule has 0 saturated heterocycles. The van der Waals surface area contributed by atoms with E-state index >= 15 is 0 Å². The lowest BCUT2D eigenvalue weighted by atomic mass is 10.3. The van der Waals surface area contributed by atoms with E-state index in [9.17, 15) is 0 Å². The molecular weight excluding hydrogens is 214 g/mol. The first kappa shape index (κ1) is 11.5. The van der Waals surface area contributed by atoms with Gasteiger partial charge in [-0.25, -0.2) is 0 Å². The van der Waals surface area contributed by atoms with Crippen LogP contribution < -0.4 is 10.5 Å². The zero-order valence-corrected chi connectivity index (χ0v) is 9.97. The van der Waals surface area contributed by atoms with Gasteiger partial charge in [0.1, 0.15) is 5.75 Å². The number of nitrogen functional groups attached to an aromatic ring is 1. The van der Waals surface area contributed by atoms with E-state index in [0.29, 0.717) is 12.3 Å². The number of hydrogen-bond donors (Lipinski definition) is 1. The maximum absolute atomic E-state index is 5.78. The fraction of sp³-hybridized carbons (Fsp3) is 0.308. The van der Waals surface area contributed by atoms with Crippen molar-refractivity contribution in [2.24, 2.45) is 0 Å². The molecule has 0 atom stereocenters. The van der Waals surface area contributed by atoms with Crippen LogP contribution in [0.1, 0.15) is 12.1 Å². The molecule has 0 fully saturated rings. The van der Waals surface area contributed by atoms with E-state index in [1.54, 1.807) is 0 Å². The Balaban J connectivity index is 1.77. The summed E-state index contributed by atoms with van der Waals surface area (Å²) in [7, 11) is 0. The Morgan fingerprint density at radius 2 is 2.12 bits per heavy atom. The van der Waals surface area contributed by atoms with Crippen LogP contribution in [0.2, 0.25) is 0 Å². The summed E-state index contributed by atoms with van der Waals surface area (Å²) in [6.07, 6.45) is 2.72. The molecule has 0 aliphatic heterocycles. The molecule has 1 aromatic carbocycles. The lowest BCUT2D eigenvalue weighted by Crippen LogP contribution is -2.07. The molecule has 0 spiro atoms. The number of para-hydroxylation sites is 2. The minimum absolute atomic E-state index is 0.646. The molecule has 0 saturated carbocycles. The second-order valence-electron chi connectivity index (χ2n) is 3.94. The van der Waals surface area contributed by atoms with Crippen molar-refractivity contribution in [1.29, 1.82) is 0 Å². The second kappa shape index (κ2) is 5.39. The van der Waals surface area contributed by atoms with Gasteiger partial charge in [0.15, 0.2) is 0 Å². The van der Waals surface area contributed by atoms with Crippen LogP contribution in [0.25, 0.3) is 0 Å². The Kier molecular flexibility index (Phi) is 3.65. The molecule has 2 aromatic rings. The largest absolute Gasteiger partial charge is 0.491 e. The van der Waals surface area contributed by atoms with Crippen molar-refractivity contribution in [2.45, 2.75) is 19.9 Å². The molecule has 0 aliphatic carbocycles. The fourth-order valence-corrected chi connectivity index (χ4v) is 1.64. The van der Waals surface area contributed by atoms with Gasteiger partial charge >= 0.3 is 0 Å². The van der Waals surface area contributed by atoms with E-state index in [0.717, 1.165) is 18.7 Å². The Morgan fingerprint density at radius 1 is 1.29 bits per heavy atom. The van der Waals surface area contributed by atoms with E-state index in [2.05, 4.69) is 5.10 Å². The molecule has 17 heavy (non-hydrogen) atoms. The zero-order chi connectivity index (χ0) is 12.1. The first-order valence-electron chi connectivity index (χ1n) is 5.73.